The second-order valence-corrected chi connectivity index (χ2v) is 7.73. The number of esters is 1. The van der Waals surface area contributed by atoms with Crippen LogP contribution in [0.1, 0.15) is 54.5 Å². The van der Waals surface area contributed by atoms with Crippen molar-refractivity contribution in [1.29, 1.82) is 0 Å². The number of hydrogen-bond acceptors (Lipinski definition) is 5. The smallest absolute Gasteiger partial charge is 0.341 e. The number of methoxy groups -OCH3 is 1. The molecule has 1 aromatic heterocycles. The van der Waals surface area contributed by atoms with E-state index in [1.807, 2.05) is 0 Å². The van der Waals surface area contributed by atoms with Gasteiger partial charge in [-0.2, -0.15) is 0 Å². The van der Waals surface area contributed by atoms with Crippen LogP contribution in [0, 0.1) is 18.8 Å². The van der Waals surface area contributed by atoms with Crippen LogP contribution < -0.4 is 0 Å². The molecule has 0 N–H and O–H groups in total. The van der Waals surface area contributed by atoms with Crippen LogP contribution in [0.5, 0.6) is 0 Å². The van der Waals surface area contributed by atoms with Gasteiger partial charge in [-0.3, -0.25) is 9.69 Å². The Kier molecular flexibility index (Phi) is 6.01. The maximum atomic E-state index is 12.7. The third-order valence-electron chi connectivity index (χ3n) is 5.79. The van der Waals surface area contributed by atoms with Gasteiger partial charge >= 0.3 is 5.97 Å². The van der Waals surface area contributed by atoms with Gasteiger partial charge in [0.25, 0.3) is 0 Å². The van der Waals surface area contributed by atoms with E-state index in [4.69, 9.17) is 9.15 Å². The quantitative estimate of drug-likeness (QED) is 0.771. The normalized spacial score (nSPS) is 20.3. The first kappa shape index (κ1) is 19.0. The summed E-state index contributed by atoms with van der Waals surface area (Å²) in [6.45, 7) is 8.31. The van der Waals surface area contributed by atoms with Crippen molar-refractivity contribution in [2.24, 2.45) is 11.8 Å². The molecule has 3 rings (SSSR count). The molecule has 26 heavy (non-hydrogen) atoms. The first-order valence-electron chi connectivity index (χ1n) is 9.66. The Hall–Kier alpha value is -1.82. The highest BCUT2D eigenvalue weighted by Crippen LogP contribution is 2.25. The molecule has 3 heterocycles. The highest BCUT2D eigenvalue weighted by atomic mass is 16.5. The van der Waals surface area contributed by atoms with Crippen LogP contribution in [-0.2, 0) is 16.1 Å². The average molecular weight is 362 g/mol. The van der Waals surface area contributed by atoms with E-state index in [0.717, 1.165) is 63.5 Å². The van der Waals surface area contributed by atoms with Crippen LogP contribution in [0.25, 0.3) is 0 Å². The summed E-state index contributed by atoms with van der Waals surface area (Å²) in [4.78, 5) is 28.8. The third-order valence-corrected chi connectivity index (χ3v) is 5.79. The van der Waals surface area contributed by atoms with E-state index in [2.05, 4.69) is 16.7 Å². The van der Waals surface area contributed by atoms with Crippen molar-refractivity contribution in [3.63, 3.8) is 0 Å². The highest BCUT2D eigenvalue weighted by Gasteiger charge is 2.30. The lowest BCUT2D eigenvalue weighted by Gasteiger charge is -2.36. The summed E-state index contributed by atoms with van der Waals surface area (Å²) < 4.78 is 10.5. The molecule has 2 saturated heterocycles. The molecule has 0 aliphatic carbocycles. The number of carbonyl (C=O) groups excluding carboxylic acids is 2. The largest absolute Gasteiger partial charge is 0.465 e. The molecule has 0 aromatic carbocycles. The van der Waals surface area contributed by atoms with Crippen LogP contribution in [-0.4, -0.2) is 55.0 Å². The first-order valence-corrected chi connectivity index (χ1v) is 9.66. The lowest BCUT2D eigenvalue weighted by Crippen LogP contribution is -2.45. The van der Waals surface area contributed by atoms with Gasteiger partial charge in [-0.1, -0.05) is 6.92 Å². The minimum atomic E-state index is -0.363. The lowest BCUT2D eigenvalue weighted by atomic mass is 9.92. The Balaban J connectivity index is 1.49. The fourth-order valence-electron chi connectivity index (χ4n) is 3.98. The van der Waals surface area contributed by atoms with Crippen LogP contribution >= 0.6 is 0 Å². The van der Waals surface area contributed by atoms with Gasteiger partial charge in [-0.25, -0.2) is 4.79 Å². The summed E-state index contributed by atoms with van der Waals surface area (Å²) in [7, 11) is 1.37. The van der Waals surface area contributed by atoms with Crippen molar-refractivity contribution in [2.45, 2.75) is 46.1 Å². The number of carbonyl (C=O) groups is 2. The maximum absolute atomic E-state index is 12.7. The molecule has 0 unspecified atom stereocenters. The summed E-state index contributed by atoms with van der Waals surface area (Å²) in [6.07, 6.45) is 4.05. The Morgan fingerprint density at radius 1 is 1.15 bits per heavy atom. The fourth-order valence-corrected chi connectivity index (χ4v) is 3.98. The van der Waals surface area contributed by atoms with Crippen molar-refractivity contribution >= 4 is 11.9 Å². The molecule has 0 bridgehead atoms. The van der Waals surface area contributed by atoms with Gasteiger partial charge in [-0.05, 0) is 57.7 Å². The number of rotatable bonds is 4. The van der Waals surface area contributed by atoms with Gasteiger partial charge in [0.05, 0.1) is 13.7 Å². The van der Waals surface area contributed by atoms with Gasteiger partial charge in [-0.15, -0.1) is 0 Å². The maximum Gasteiger partial charge on any atom is 0.341 e. The second-order valence-electron chi connectivity index (χ2n) is 7.73. The highest BCUT2D eigenvalue weighted by molar-refractivity contribution is 5.90. The van der Waals surface area contributed by atoms with Crippen molar-refractivity contribution in [1.82, 2.24) is 9.80 Å². The summed E-state index contributed by atoms with van der Waals surface area (Å²) in [5.74, 6) is 2.25. The number of furan rings is 1. The molecule has 2 fully saturated rings. The summed E-state index contributed by atoms with van der Waals surface area (Å²) in [6, 6.07) is 1.77. The van der Waals surface area contributed by atoms with E-state index >= 15 is 0 Å². The third kappa shape index (κ3) is 4.29. The van der Waals surface area contributed by atoms with Crippen molar-refractivity contribution in [2.75, 3.05) is 33.3 Å². The first-order chi connectivity index (χ1) is 12.5. The fraction of sp³-hybridized carbons (Fsp3) is 0.700. The molecule has 144 valence electrons. The van der Waals surface area contributed by atoms with Gasteiger partial charge in [0, 0.05) is 19.0 Å². The predicted molar refractivity (Wildman–Crippen MR) is 97.8 cm³/mol. The minimum Gasteiger partial charge on any atom is -0.465 e. The van der Waals surface area contributed by atoms with Crippen LogP contribution in [0.3, 0.4) is 0 Å². The van der Waals surface area contributed by atoms with Crippen molar-refractivity contribution < 1.29 is 18.7 Å². The molecule has 1 aromatic rings. The summed E-state index contributed by atoms with van der Waals surface area (Å²) in [5, 5.41) is 0. The molecule has 6 nitrogen and oxygen atoms in total. The molecule has 0 saturated carbocycles. The molecule has 1 amide bonds. The van der Waals surface area contributed by atoms with Crippen LogP contribution in [0.15, 0.2) is 10.5 Å². The molecular weight excluding hydrogens is 332 g/mol. The Morgan fingerprint density at radius 3 is 2.42 bits per heavy atom. The molecule has 2 aliphatic heterocycles. The molecule has 2 aliphatic rings. The van der Waals surface area contributed by atoms with Crippen LogP contribution in [0.2, 0.25) is 0 Å². The standard InChI is InChI=1S/C20H30N2O4/c1-14-4-10-22(11-5-14)19(23)16-6-8-21(9-7-16)13-17-12-18(15(2)26-17)20(24)25-3/h12,14,16H,4-11,13H2,1-3H3. The number of piperidine rings is 2. The topological polar surface area (TPSA) is 63.0 Å². The van der Waals surface area contributed by atoms with E-state index in [9.17, 15) is 9.59 Å². The number of nitrogens with zero attached hydrogens (tertiary/aromatic N) is 2. The van der Waals surface area contributed by atoms with Gasteiger partial charge in [0.2, 0.25) is 5.91 Å². The number of hydrogen-bond donors (Lipinski definition) is 0. The molecular formula is C20H30N2O4. The number of ether oxygens (including phenoxy) is 1. The monoisotopic (exact) mass is 362 g/mol. The Bertz CT molecular complexity index is 638. The van der Waals surface area contributed by atoms with E-state index in [1.54, 1.807) is 13.0 Å². The molecule has 6 heteroatoms. The number of amides is 1. The predicted octanol–water partition coefficient (Wildman–Crippen LogP) is 2.85. The van der Waals surface area contributed by atoms with Crippen LogP contribution in [0.4, 0.5) is 0 Å². The van der Waals surface area contributed by atoms with E-state index in [-0.39, 0.29) is 11.9 Å². The number of likely N-dealkylation sites (tertiary alicyclic amines) is 2. The molecule has 0 atom stereocenters. The van der Waals surface area contributed by atoms with E-state index in [1.165, 1.54) is 7.11 Å². The summed E-state index contributed by atoms with van der Waals surface area (Å²) >= 11 is 0. The van der Waals surface area contributed by atoms with Crippen molar-refractivity contribution in [3.8, 4) is 0 Å². The second kappa shape index (κ2) is 8.25. The Morgan fingerprint density at radius 2 is 1.81 bits per heavy atom. The van der Waals surface area contributed by atoms with Gasteiger partial charge < -0.3 is 14.1 Å². The minimum absolute atomic E-state index is 0.156. The van der Waals surface area contributed by atoms with E-state index in [0.29, 0.717) is 23.8 Å². The zero-order valence-electron chi connectivity index (χ0n) is 16.1. The zero-order valence-corrected chi connectivity index (χ0v) is 16.1. The summed E-state index contributed by atoms with van der Waals surface area (Å²) in [5.41, 5.74) is 0.492. The van der Waals surface area contributed by atoms with Gasteiger partial charge in [0.1, 0.15) is 17.1 Å². The SMILES string of the molecule is COC(=O)c1cc(CN2CCC(C(=O)N3CCC(C)CC3)CC2)oc1C. The lowest BCUT2D eigenvalue weighted by molar-refractivity contribution is -0.138. The van der Waals surface area contributed by atoms with E-state index < -0.39 is 0 Å². The molecule has 0 radical (unpaired) electrons. The van der Waals surface area contributed by atoms with Crippen molar-refractivity contribution in [3.05, 3.63) is 23.2 Å². The average Bonchev–Trinajstić information content (AvgIpc) is 3.02. The van der Waals surface area contributed by atoms with Gasteiger partial charge in [0.15, 0.2) is 0 Å². The zero-order chi connectivity index (χ0) is 18.7. The number of aryl methyl sites for hydroxylation is 1. The molecule has 0 spiro atoms. The Labute approximate surface area is 155 Å².